The molecule has 2 N–H and O–H groups in total. The fraction of sp³-hybridized carbons (Fsp3) is 0.800. The fourth-order valence-corrected chi connectivity index (χ4v) is 5.18. The van der Waals surface area contributed by atoms with Gasteiger partial charge >= 0.3 is 18.7 Å². The van der Waals surface area contributed by atoms with E-state index in [1.165, 1.54) is 0 Å². The lowest BCUT2D eigenvalue weighted by Crippen LogP contribution is -2.44. The number of hydrogen-bond acceptors (Lipinski definition) is 6. The third-order valence-electron chi connectivity index (χ3n) is 3.10. The normalized spacial score (nSPS) is 14.1. The molecule has 1 atom stereocenters. The molecule has 0 saturated heterocycles. The maximum absolute atomic E-state index is 12.0. The highest BCUT2D eigenvalue weighted by Crippen LogP contribution is 2.64. The second kappa shape index (κ2) is 7.28. The molecular formula is C10H19O7PS. The summed E-state index contributed by atoms with van der Waals surface area (Å²) in [6.45, 7) is -0.517. The summed E-state index contributed by atoms with van der Waals surface area (Å²) in [5, 5.41) is 17.2. The lowest BCUT2D eigenvalue weighted by molar-refractivity contribution is -0.155. The van der Waals surface area contributed by atoms with E-state index in [4.69, 9.17) is 0 Å². The van der Waals surface area contributed by atoms with Crippen molar-refractivity contribution in [1.29, 1.82) is 0 Å². The van der Waals surface area contributed by atoms with Gasteiger partial charge in [0.05, 0.1) is 5.41 Å². The van der Waals surface area contributed by atoms with Crippen molar-refractivity contribution >= 4 is 30.1 Å². The van der Waals surface area contributed by atoms with E-state index in [0.29, 0.717) is 11.4 Å². The summed E-state index contributed by atoms with van der Waals surface area (Å²) in [5.41, 5.74) is -1.52. The van der Waals surface area contributed by atoms with Gasteiger partial charge < -0.3 is 19.3 Å². The van der Waals surface area contributed by atoms with Crippen molar-refractivity contribution in [1.82, 2.24) is 0 Å². The van der Waals surface area contributed by atoms with Crippen LogP contribution < -0.4 is 0 Å². The van der Waals surface area contributed by atoms with E-state index < -0.39 is 29.4 Å². The largest absolute Gasteiger partial charge is 0.481 e. The predicted octanol–water partition coefficient (Wildman–Crippen LogP) is 2.46. The summed E-state index contributed by atoms with van der Waals surface area (Å²) >= 11 is 0.415. The summed E-state index contributed by atoms with van der Waals surface area (Å²) in [4.78, 5) is 22.8. The molecule has 0 aliphatic heterocycles. The minimum atomic E-state index is -3.68. The zero-order chi connectivity index (χ0) is 15.3. The first-order valence-corrected chi connectivity index (χ1v) is 8.61. The molecule has 112 valence electrons. The van der Waals surface area contributed by atoms with Crippen LogP contribution in [0.1, 0.15) is 26.7 Å². The van der Waals surface area contributed by atoms with Crippen LogP contribution in [0.2, 0.25) is 0 Å². The predicted molar refractivity (Wildman–Crippen MR) is 71.3 cm³/mol. The van der Waals surface area contributed by atoms with Crippen LogP contribution in [0.15, 0.2) is 0 Å². The van der Waals surface area contributed by atoms with Crippen LogP contribution in [0.3, 0.4) is 0 Å². The zero-order valence-corrected chi connectivity index (χ0v) is 13.0. The van der Waals surface area contributed by atoms with Crippen LogP contribution in [0.5, 0.6) is 0 Å². The number of carboxylic acids is 2. The molecular weight excluding hydrogens is 295 g/mol. The lowest BCUT2D eigenvalue weighted by atomic mass is 9.79. The van der Waals surface area contributed by atoms with Crippen LogP contribution in [0.4, 0.5) is 0 Å². The van der Waals surface area contributed by atoms with Gasteiger partial charge in [-0.05, 0) is 24.2 Å². The van der Waals surface area contributed by atoms with Gasteiger partial charge in [-0.2, -0.15) is 0 Å². The van der Waals surface area contributed by atoms with E-state index in [9.17, 15) is 24.4 Å². The van der Waals surface area contributed by atoms with Crippen LogP contribution in [0.25, 0.3) is 0 Å². The Bertz CT molecular complexity index is 372. The second-order valence-electron chi connectivity index (χ2n) is 3.80. The van der Waals surface area contributed by atoms with Gasteiger partial charge in [0, 0.05) is 14.2 Å². The van der Waals surface area contributed by atoms with Gasteiger partial charge in [0.15, 0.2) is 0 Å². The first kappa shape index (κ1) is 18.4. The first-order chi connectivity index (χ1) is 8.72. The van der Waals surface area contributed by atoms with Crippen molar-refractivity contribution in [2.75, 3.05) is 14.2 Å². The lowest BCUT2D eigenvalue weighted by Gasteiger charge is -2.33. The average molecular weight is 314 g/mol. The van der Waals surface area contributed by atoms with Crippen molar-refractivity contribution in [3.63, 3.8) is 0 Å². The molecule has 7 nitrogen and oxygen atoms in total. The van der Waals surface area contributed by atoms with Crippen LogP contribution in [0, 0.1) is 5.41 Å². The summed E-state index contributed by atoms with van der Waals surface area (Å²) in [7, 11) is 2.24. The third-order valence-corrected chi connectivity index (χ3v) is 7.41. The van der Waals surface area contributed by atoms with E-state index in [1.807, 2.05) is 0 Å². The SMILES string of the molecule is CCC(CC)(C(=O)O)C(SP(=O)(OC)OC)C(=O)O. The summed E-state index contributed by atoms with van der Waals surface area (Å²) in [6, 6.07) is 0. The monoisotopic (exact) mass is 314 g/mol. The first-order valence-electron chi connectivity index (χ1n) is 5.59. The van der Waals surface area contributed by atoms with E-state index >= 15 is 0 Å². The maximum Gasteiger partial charge on any atom is 0.389 e. The van der Waals surface area contributed by atoms with Gasteiger partial charge in [0.2, 0.25) is 0 Å². The molecule has 0 heterocycles. The molecule has 1 unspecified atom stereocenters. The summed E-state index contributed by atoms with van der Waals surface area (Å²) < 4.78 is 21.4. The molecule has 0 radical (unpaired) electrons. The van der Waals surface area contributed by atoms with Gasteiger partial charge in [-0.1, -0.05) is 13.8 Å². The molecule has 0 rings (SSSR count). The van der Waals surface area contributed by atoms with E-state index in [2.05, 4.69) is 9.05 Å². The summed E-state index contributed by atoms with van der Waals surface area (Å²) in [5.74, 6) is -2.60. The van der Waals surface area contributed by atoms with Crippen molar-refractivity contribution in [3.8, 4) is 0 Å². The maximum atomic E-state index is 12.0. The number of rotatable bonds is 9. The number of carboxylic acid groups (broad SMARTS) is 2. The Hall–Kier alpha value is -0.560. The Labute approximate surface area is 115 Å². The van der Waals surface area contributed by atoms with E-state index in [1.54, 1.807) is 13.8 Å². The zero-order valence-electron chi connectivity index (χ0n) is 11.3. The molecule has 9 heteroatoms. The standard InChI is InChI=1S/C10H19O7PS/c1-5-10(6-2,9(13)14)7(8(11)12)19-18(15,16-3)17-4/h7H,5-6H2,1-4H3,(H,11,12)(H,13,14). The molecule has 0 spiro atoms. The minimum absolute atomic E-state index is 0.0935. The number of aliphatic carboxylic acids is 2. The Morgan fingerprint density at radius 1 is 1.21 bits per heavy atom. The van der Waals surface area contributed by atoms with Gasteiger partial charge in [-0.15, -0.1) is 0 Å². The molecule has 19 heavy (non-hydrogen) atoms. The molecule has 0 amide bonds. The Morgan fingerprint density at radius 3 is 1.84 bits per heavy atom. The molecule has 0 fully saturated rings. The third kappa shape index (κ3) is 3.95. The van der Waals surface area contributed by atoms with E-state index in [-0.39, 0.29) is 12.8 Å². The van der Waals surface area contributed by atoms with E-state index in [0.717, 1.165) is 14.2 Å². The van der Waals surface area contributed by atoms with Gasteiger partial charge in [0.1, 0.15) is 5.25 Å². The molecule has 0 bridgehead atoms. The molecule has 0 aliphatic rings. The smallest absolute Gasteiger partial charge is 0.389 e. The molecule has 0 saturated carbocycles. The van der Waals surface area contributed by atoms with Gasteiger partial charge in [-0.3, -0.25) is 9.59 Å². The Kier molecular flexibility index (Phi) is 7.07. The Morgan fingerprint density at radius 2 is 1.63 bits per heavy atom. The number of hydrogen-bond donors (Lipinski definition) is 2. The summed E-state index contributed by atoms with van der Waals surface area (Å²) in [6.07, 6.45) is 0.187. The highest BCUT2D eigenvalue weighted by atomic mass is 32.7. The van der Waals surface area contributed by atoms with Crippen LogP contribution >= 0.6 is 18.2 Å². The van der Waals surface area contributed by atoms with Crippen LogP contribution in [-0.2, 0) is 23.2 Å². The quantitative estimate of drug-likeness (QED) is 0.624. The van der Waals surface area contributed by atoms with Crippen molar-refractivity contribution in [2.45, 2.75) is 31.9 Å². The molecule has 0 aliphatic carbocycles. The highest BCUT2D eigenvalue weighted by molar-refractivity contribution is 8.55. The molecule has 0 aromatic rings. The Balaban J connectivity index is 5.60. The minimum Gasteiger partial charge on any atom is -0.481 e. The second-order valence-corrected chi connectivity index (χ2v) is 8.09. The number of carbonyl (C=O) groups is 2. The average Bonchev–Trinajstić information content (AvgIpc) is 2.38. The molecule has 0 aromatic carbocycles. The topological polar surface area (TPSA) is 110 Å². The van der Waals surface area contributed by atoms with Crippen LogP contribution in [-0.4, -0.2) is 41.6 Å². The fourth-order valence-electron chi connectivity index (χ4n) is 1.71. The van der Waals surface area contributed by atoms with Gasteiger partial charge in [0.25, 0.3) is 0 Å². The van der Waals surface area contributed by atoms with Crippen molar-refractivity contribution < 1.29 is 33.4 Å². The van der Waals surface area contributed by atoms with Crippen molar-refractivity contribution in [3.05, 3.63) is 0 Å². The van der Waals surface area contributed by atoms with Gasteiger partial charge in [-0.25, -0.2) is 4.57 Å². The highest BCUT2D eigenvalue weighted by Gasteiger charge is 2.51. The molecule has 0 aromatic heterocycles. The van der Waals surface area contributed by atoms with Crippen molar-refractivity contribution in [2.24, 2.45) is 5.41 Å².